The van der Waals surface area contributed by atoms with Crippen molar-refractivity contribution in [3.8, 4) is 11.4 Å². The van der Waals surface area contributed by atoms with Gasteiger partial charge in [0.2, 0.25) is 0 Å². The normalized spacial score (nSPS) is 10.6. The van der Waals surface area contributed by atoms with E-state index in [9.17, 15) is 9.59 Å². The maximum Gasteiger partial charge on any atom is 0.276 e. The van der Waals surface area contributed by atoms with E-state index in [1.807, 2.05) is 13.0 Å². The summed E-state index contributed by atoms with van der Waals surface area (Å²) < 4.78 is 0. The van der Waals surface area contributed by atoms with Crippen LogP contribution >= 0.6 is 0 Å². The Morgan fingerprint density at radius 1 is 1.25 bits per heavy atom. The Hall–Kier alpha value is -3.22. The van der Waals surface area contributed by atoms with Gasteiger partial charge in [-0.3, -0.25) is 14.7 Å². The number of rotatable bonds is 4. The van der Waals surface area contributed by atoms with Crippen molar-refractivity contribution in [2.75, 3.05) is 5.32 Å². The van der Waals surface area contributed by atoms with Crippen molar-refractivity contribution in [1.82, 2.24) is 20.2 Å². The van der Waals surface area contributed by atoms with Crippen LogP contribution in [-0.4, -0.2) is 26.1 Å². The van der Waals surface area contributed by atoms with E-state index >= 15 is 0 Å². The number of aromatic amines is 2. The lowest BCUT2D eigenvalue weighted by molar-refractivity contribution is 0.102. The molecule has 7 heteroatoms. The van der Waals surface area contributed by atoms with Crippen LogP contribution in [0.15, 0.2) is 41.2 Å². The molecule has 0 radical (unpaired) electrons. The molecule has 3 N–H and O–H groups in total. The molecule has 2 aromatic heterocycles. The van der Waals surface area contributed by atoms with Crippen molar-refractivity contribution in [3.63, 3.8) is 0 Å². The molecule has 0 atom stereocenters. The van der Waals surface area contributed by atoms with Crippen LogP contribution in [0.3, 0.4) is 0 Å². The van der Waals surface area contributed by atoms with Gasteiger partial charge in [-0.2, -0.15) is 5.10 Å². The number of benzene rings is 1. The highest BCUT2D eigenvalue weighted by molar-refractivity contribution is 6.03. The number of amides is 1. The van der Waals surface area contributed by atoms with E-state index in [-0.39, 0.29) is 11.5 Å². The number of aryl methyl sites for hydroxylation is 2. The van der Waals surface area contributed by atoms with Crippen LogP contribution in [0.4, 0.5) is 5.69 Å². The first kappa shape index (κ1) is 15.7. The quantitative estimate of drug-likeness (QED) is 0.685. The summed E-state index contributed by atoms with van der Waals surface area (Å²) in [6.07, 6.45) is 0.780. The largest absolute Gasteiger partial charge is 0.321 e. The number of carbonyl (C=O) groups is 1. The summed E-state index contributed by atoms with van der Waals surface area (Å²) in [7, 11) is 0. The van der Waals surface area contributed by atoms with Crippen LogP contribution in [0.2, 0.25) is 0 Å². The summed E-state index contributed by atoms with van der Waals surface area (Å²) in [6, 6.07) is 10.3. The average Bonchev–Trinajstić information content (AvgIpc) is 3.03. The molecule has 2 heterocycles. The highest BCUT2D eigenvalue weighted by Crippen LogP contribution is 2.19. The first-order valence-corrected chi connectivity index (χ1v) is 7.59. The standard InChI is InChI=1S/C17H17N5O2/c1-3-12-9-14(22-21-12)17(24)19-13-6-4-5-11(8-13)16-18-10(2)7-15(23)20-16/h4-9H,3H2,1-2H3,(H,19,24)(H,21,22)(H,18,20,23). The first-order chi connectivity index (χ1) is 11.5. The molecular weight excluding hydrogens is 306 g/mol. The molecule has 3 aromatic rings. The summed E-state index contributed by atoms with van der Waals surface area (Å²) >= 11 is 0. The van der Waals surface area contributed by atoms with Crippen molar-refractivity contribution >= 4 is 11.6 Å². The summed E-state index contributed by atoms with van der Waals surface area (Å²) in [5.74, 6) is 0.165. The number of H-pyrrole nitrogens is 2. The second-order valence-electron chi connectivity index (χ2n) is 5.40. The van der Waals surface area contributed by atoms with Gasteiger partial charge in [0.1, 0.15) is 5.82 Å². The SMILES string of the molecule is CCc1cc(C(=O)Nc2cccc(-c3nc(C)cc(=O)[nH]3)c2)n[nH]1. The molecule has 0 fully saturated rings. The maximum atomic E-state index is 12.2. The second-order valence-corrected chi connectivity index (χ2v) is 5.40. The molecular formula is C17H17N5O2. The molecule has 1 aromatic carbocycles. The molecule has 0 aliphatic rings. The number of hydrogen-bond donors (Lipinski definition) is 3. The fourth-order valence-corrected chi connectivity index (χ4v) is 2.31. The highest BCUT2D eigenvalue weighted by atomic mass is 16.2. The Balaban J connectivity index is 1.85. The van der Waals surface area contributed by atoms with E-state index in [1.54, 1.807) is 31.2 Å². The zero-order valence-corrected chi connectivity index (χ0v) is 13.4. The smallest absolute Gasteiger partial charge is 0.276 e. The number of aromatic nitrogens is 4. The minimum atomic E-state index is -0.297. The van der Waals surface area contributed by atoms with Gasteiger partial charge < -0.3 is 10.3 Å². The van der Waals surface area contributed by atoms with Crippen LogP contribution in [-0.2, 0) is 6.42 Å². The van der Waals surface area contributed by atoms with E-state index in [0.717, 1.165) is 12.1 Å². The van der Waals surface area contributed by atoms with Gasteiger partial charge in [0.15, 0.2) is 5.69 Å². The number of nitrogens with zero attached hydrogens (tertiary/aromatic N) is 2. The van der Waals surface area contributed by atoms with Gasteiger partial charge in [0.05, 0.1) is 0 Å². The van der Waals surface area contributed by atoms with Crippen LogP contribution in [0.5, 0.6) is 0 Å². The van der Waals surface area contributed by atoms with E-state index in [2.05, 4.69) is 25.5 Å². The minimum Gasteiger partial charge on any atom is -0.321 e. The fourth-order valence-electron chi connectivity index (χ4n) is 2.31. The van der Waals surface area contributed by atoms with Gasteiger partial charge in [-0.05, 0) is 31.5 Å². The van der Waals surface area contributed by atoms with Crippen LogP contribution in [0.25, 0.3) is 11.4 Å². The molecule has 0 bridgehead atoms. The molecule has 3 rings (SSSR count). The van der Waals surface area contributed by atoms with Crippen LogP contribution in [0, 0.1) is 6.92 Å². The average molecular weight is 323 g/mol. The van der Waals surface area contributed by atoms with Crippen molar-refractivity contribution in [1.29, 1.82) is 0 Å². The Labute approximate surface area is 138 Å². The molecule has 0 aliphatic heterocycles. The number of carbonyl (C=O) groups excluding carboxylic acids is 1. The Bertz CT molecular complexity index is 942. The third kappa shape index (κ3) is 3.40. The molecule has 122 valence electrons. The zero-order chi connectivity index (χ0) is 17.1. The summed E-state index contributed by atoms with van der Waals surface area (Å²) in [4.78, 5) is 30.8. The molecule has 0 unspecified atom stereocenters. The van der Waals surface area contributed by atoms with E-state index in [1.165, 1.54) is 6.07 Å². The zero-order valence-electron chi connectivity index (χ0n) is 13.4. The summed E-state index contributed by atoms with van der Waals surface area (Å²) in [6.45, 7) is 3.74. The van der Waals surface area contributed by atoms with Gasteiger partial charge in [0, 0.05) is 28.7 Å². The minimum absolute atomic E-state index is 0.212. The number of nitrogens with one attached hydrogen (secondary N) is 3. The molecule has 7 nitrogen and oxygen atoms in total. The van der Waals surface area contributed by atoms with E-state index < -0.39 is 0 Å². The Morgan fingerprint density at radius 2 is 2.08 bits per heavy atom. The number of hydrogen-bond acceptors (Lipinski definition) is 4. The molecule has 0 spiro atoms. The molecule has 0 saturated heterocycles. The molecule has 24 heavy (non-hydrogen) atoms. The molecule has 0 aliphatic carbocycles. The van der Waals surface area contributed by atoms with Gasteiger partial charge in [-0.15, -0.1) is 0 Å². The summed E-state index contributed by atoms with van der Waals surface area (Å²) in [5.41, 5.74) is 2.96. The van der Waals surface area contributed by atoms with Gasteiger partial charge in [-0.1, -0.05) is 19.1 Å². The lowest BCUT2D eigenvalue weighted by atomic mass is 10.2. The highest BCUT2D eigenvalue weighted by Gasteiger charge is 2.11. The second kappa shape index (κ2) is 6.49. The van der Waals surface area contributed by atoms with Crippen LogP contribution in [0.1, 0.15) is 28.8 Å². The lowest BCUT2D eigenvalue weighted by Crippen LogP contribution is -2.12. The number of anilines is 1. The van der Waals surface area contributed by atoms with Crippen molar-refractivity contribution < 1.29 is 4.79 Å². The lowest BCUT2D eigenvalue weighted by Gasteiger charge is -2.06. The predicted octanol–water partition coefficient (Wildman–Crippen LogP) is 2.28. The Morgan fingerprint density at radius 3 is 2.79 bits per heavy atom. The van der Waals surface area contributed by atoms with Gasteiger partial charge >= 0.3 is 0 Å². The predicted molar refractivity (Wildman–Crippen MR) is 90.9 cm³/mol. The summed E-state index contributed by atoms with van der Waals surface area (Å²) in [5, 5.41) is 9.60. The van der Waals surface area contributed by atoms with Gasteiger partial charge in [0.25, 0.3) is 11.5 Å². The van der Waals surface area contributed by atoms with Gasteiger partial charge in [-0.25, -0.2) is 4.98 Å². The first-order valence-electron chi connectivity index (χ1n) is 7.59. The maximum absolute atomic E-state index is 12.2. The third-order valence-corrected chi connectivity index (χ3v) is 3.51. The third-order valence-electron chi connectivity index (χ3n) is 3.51. The van der Waals surface area contributed by atoms with Crippen molar-refractivity contribution in [2.45, 2.75) is 20.3 Å². The van der Waals surface area contributed by atoms with Crippen molar-refractivity contribution in [3.05, 3.63) is 63.8 Å². The fraction of sp³-hybridized carbons (Fsp3) is 0.176. The van der Waals surface area contributed by atoms with Crippen molar-refractivity contribution in [2.24, 2.45) is 0 Å². The van der Waals surface area contributed by atoms with E-state index in [0.29, 0.717) is 28.5 Å². The monoisotopic (exact) mass is 323 g/mol. The molecule has 1 amide bonds. The molecule has 0 saturated carbocycles. The van der Waals surface area contributed by atoms with E-state index in [4.69, 9.17) is 0 Å². The van der Waals surface area contributed by atoms with Crippen LogP contribution < -0.4 is 10.9 Å². The Kier molecular flexibility index (Phi) is 4.24. The topological polar surface area (TPSA) is 104 Å².